The van der Waals surface area contributed by atoms with E-state index in [0.717, 1.165) is 44.1 Å². The molecular weight excluding hydrogens is 335 g/mol. The van der Waals surface area contributed by atoms with Gasteiger partial charge in [-0.2, -0.15) is 0 Å². The number of amides is 2. The summed E-state index contributed by atoms with van der Waals surface area (Å²) in [5.41, 5.74) is 0.312. The Kier molecular flexibility index (Phi) is 4.37. The minimum absolute atomic E-state index is 0.00241. The Morgan fingerprint density at radius 3 is 2.27 bits per heavy atom. The van der Waals surface area contributed by atoms with Crippen LogP contribution in [0.4, 0.5) is 9.18 Å². The van der Waals surface area contributed by atoms with E-state index in [0.29, 0.717) is 6.42 Å². The number of halogens is 1. The summed E-state index contributed by atoms with van der Waals surface area (Å²) in [6.07, 6.45) is 3.69. The number of hydrogen-bond acceptors (Lipinski definition) is 3. The maximum atomic E-state index is 13.1. The highest BCUT2D eigenvalue weighted by Crippen LogP contribution is 2.52. The quantitative estimate of drug-likeness (QED) is 0.847. The van der Waals surface area contributed by atoms with Crippen LogP contribution >= 0.6 is 0 Å². The van der Waals surface area contributed by atoms with Crippen LogP contribution in [0.3, 0.4) is 0 Å². The van der Waals surface area contributed by atoms with Gasteiger partial charge < -0.3 is 15.4 Å². The number of rotatable bonds is 5. The zero-order chi connectivity index (χ0) is 18.2. The summed E-state index contributed by atoms with van der Waals surface area (Å²) in [4.78, 5) is 24.8. The van der Waals surface area contributed by atoms with E-state index < -0.39 is 12.3 Å². The van der Waals surface area contributed by atoms with Gasteiger partial charge in [0.25, 0.3) is 0 Å². The Labute approximate surface area is 152 Å². The van der Waals surface area contributed by atoms with E-state index in [1.165, 1.54) is 0 Å². The van der Waals surface area contributed by atoms with Crippen molar-refractivity contribution in [1.29, 1.82) is 0 Å². The topological polar surface area (TPSA) is 67.4 Å². The molecule has 26 heavy (non-hydrogen) atoms. The van der Waals surface area contributed by atoms with Crippen molar-refractivity contribution in [3.05, 3.63) is 35.9 Å². The van der Waals surface area contributed by atoms with Gasteiger partial charge in [0.1, 0.15) is 12.8 Å². The summed E-state index contributed by atoms with van der Waals surface area (Å²) in [6.45, 7) is 0.251. The van der Waals surface area contributed by atoms with Gasteiger partial charge in [0.05, 0.1) is 6.04 Å². The summed E-state index contributed by atoms with van der Waals surface area (Å²) in [7, 11) is 0. The highest BCUT2D eigenvalue weighted by Gasteiger charge is 2.54. The Morgan fingerprint density at radius 1 is 1.08 bits per heavy atom. The third-order valence-electron chi connectivity index (χ3n) is 6.34. The fourth-order valence-corrected chi connectivity index (χ4v) is 4.32. The molecular formula is C20H25FN2O3. The van der Waals surface area contributed by atoms with E-state index in [1.807, 2.05) is 30.3 Å². The molecule has 4 saturated carbocycles. The maximum Gasteiger partial charge on any atom is 0.407 e. The summed E-state index contributed by atoms with van der Waals surface area (Å²) in [5, 5.41) is 5.91. The van der Waals surface area contributed by atoms with Gasteiger partial charge in [-0.1, -0.05) is 30.3 Å². The summed E-state index contributed by atoms with van der Waals surface area (Å²) in [5.74, 6) is 0.00241. The summed E-state index contributed by atoms with van der Waals surface area (Å²) >= 11 is 0. The van der Waals surface area contributed by atoms with Gasteiger partial charge in [0.2, 0.25) is 5.91 Å². The van der Waals surface area contributed by atoms with E-state index >= 15 is 0 Å². The maximum absolute atomic E-state index is 13.1. The minimum atomic E-state index is -0.873. The first-order valence-electron chi connectivity index (χ1n) is 9.44. The fourth-order valence-electron chi connectivity index (χ4n) is 4.32. The molecule has 4 aliphatic carbocycles. The number of carbonyl (C=O) groups excluding carboxylic acids is 2. The van der Waals surface area contributed by atoms with Crippen molar-refractivity contribution in [3.63, 3.8) is 0 Å². The second-order valence-corrected chi connectivity index (χ2v) is 8.08. The van der Waals surface area contributed by atoms with Crippen molar-refractivity contribution in [3.8, 4) is 0 Å². The third-order valence-corrected chi connectivity index (χ3v) is 6.34. The highest BCUT2D eigenvalue weighted by molar-refractivity contribution is 5.84. The van der Waals surface area contributed by atoms with E-state index in [1.54, 1.807) is 0 Å². The van der Waals surface area contributed by atoms with Crippen molar-refractivity contribution in [1.82, 2.24) is 10.6 Å². The lowest BCUT2D eigenvalue weighted by Gasteiger charge is -2.52. The molecule has 2 atom stereocenters. The molecule has 2 N–H and O–H groups in total. The fraction of sp³-hybridized carbons (Fsp3) is 0.600. The monoisotopic (exact) mass is 360 g/mol. The predicted octanol–water partition coefficient (Wildman–Crippen LogP) is 3.23. The molecule has 1 aromatic carbocycles. The molecule has 0 aliphatic heterocycles. The molecule has 2 amide bonds. The van der Waals surface area contributed by atoms with Crippen LogP contribution in [0.15, 0.2) is 30.3 Å². The number of nitrogens with one attached hydrogen (secondary N) is 2. The molecule has 140 valence electrons. The van der Waals surface area contributed by atoms with Crippen LogP contribution in [0, 0.1) is 5.41 Å². The normalized spacial score (nSPS) is 34.8. The first-order valence-corrected chi connectivity index (χ1v) is 9.44. The molecule has 4 fully saturated rings. The second kappa shape index (κ2) is 6.56. The van der Waals surface area contributed by atoms with Crippen molar-refractivity contribution in [2.75, 3.05) is 0 Å². The first kappa shape index (κ1) is 17.3. The van der Waals surface area contributed by atoms with E-state index in [-0.39, 0.29) is 29.5 Å². The van der Waals surface area contributed by atoms with Crippen LogP contribution < -0.4 is 10.6 Å². The number of benzene rings is 1. The smallest absolute Gasteiger partial charge is 0.407 e. The van der Waals surface area contributed by atoms with Gasteiger partial charge in [0, 0.05) is 17.4 Å². The molecule has 0 aromatic heterocycles. The Bertz CT molecular complexity index is 669. The third kappa shape index (κ3) is 3.41. The van der Waals surface area contributed by atoms with Gasteiger partial charge in [-0.3, -0.25) is 4.79 Å². The summed E-state index contributed by atoms with van der Waals surface area (Å²) < 4.78 is 18.4. The minimum Gasteiger partial charge on any atom is -0.445 e. The van der Waals surface area contributed by atoms with Gasteiger partial charge in [-0.05, 0) is 44.1 Å². The average molecular weight is 360 g/mol. The highest BCUT2D eigenvalue weighted by atomic mass is 19.1. The van der Waals surface area contributed by atoms with Crippen LogP contribution in [0.25, 0.3) is 0 Å². The van der Waals surface area contributed by atoms with Gasteiger partial charge in [0.15, 0.2) is 0 Å². The van der Waals surface area contributed by atoms with Gasteiger partial charge >= 0.3 is 6.09 Å². The number of carbonyl (C=O) groups is 2. The lowest BCUT2D eigenvalue weighted by molar-refractivity contribution is -0.138. The van der Waals surface area contributed by atoms with Crippen LogP contribution in [-0.4, -0.2) is 29.8 Å². The Balaban J connectivity index is 1.28. The van der Waals surface area contributed by atoms with Crippen molar-refractivity contribution in [2.45, 2.75) is 69.3 Å². The van der Waals surface area contributed by atoms with Crippen LogP contribution in [0.2, 0.25) is 0 Å². The molecule has 2 bridgehead atoms. The molecule has 0 unspecified atom stereocenters. The molecule has 1 aromatic rings. The van der Waals surface area contributed by atoms with E-state index in [4.69, 9.17) is 4.74 Å². The number of hydrogen-bond donors (Lipinski definition) is 2. The number of alkyl halides is 1. The van der Waals surface area contributed by atoms with Crippen molar-refractivity contribution < 1.29 is 18.7 Å². The largest absolute Gasteiger partial charge is 0.445 e. The van der Waals surface area contributed by atoms with Gasteiger partial charge in [-0.25, -0.2) is 9.18 Å². The van der Waals surface area contributed by atoms with E-state index in [2.05, 4.69) is 10.6 Å². The SMILES string of the molecule is O=C(NC12CCC(C(=O)N[C@@H]3C[C@@H]3F)(CC1)CC2)OCc1ccccc1. The first-order chi connectivity index (χ1) is 12.5. The van der Waals surface area contributed by atoms with Crippen LogP contribution in [0.5, 0.6) is 0 Å². The van der Waals surface area contributed by atoms with Gasteiger partial charge in [-0.15, -0.1) is 0 Å². The van der Waals surface area contributed by atoms with E-state index in [9.17, 15) is 14.0 Å². The molecule has 5 nitrogen and oxygen atoms in total. The summed E-state index contributed by atoms with van der Waals surface area (Å²) in [6, 6.07) is 9.30. The second-order valence-electron chi connectivity index (χ2n) is 8.08. The Morgan fingerprint density at radius 2 is 1.69 bits per heavy atom. The lowest BCUT2D eigenvalue weighted by Crippen LogP contribution is -2.60. The molecule has 0 saturated heterocycles. The van der Waals surface area contributed by atoms with Crippen LogP contribution in [-0.2, 0) is 16.1 Å². The molecule has 0 heterocycles. The number of alkyl carbamates (subject to hydrolysis) is 1. The Hall–Kier alpha value is -2.11. The zero-order valence-corrected chi connectivity index (χ0v) is 14.8. The zero-order valence-electron chi connectivity index (χ0n) is 14.8. The lowest BCUT2D eigenvalue weighted by atomic mass is 9.57. The molecule has 5 rings (SSSR count). The standard InChI is InChI=1S/C20H25FN2O3/c21-15-12-16(15)22-17(24)19-6-9-20(10-7-19,11-8-19)23-18(25)26-13-14-4-2-1-3-5-14/h1-5,15-16H,6-13H2,(H,22,24)(H,23,25)/t15-,16+,19?,20?/m0/s1. The molecule has 6 heteroatoms. The van der Waals surface area contributed by atoms with Crippen LogP contribution in [0.1, 0.15) is 50.5 Å². The number of ether oxygens (including phenoxy) is 1. The molecule has 0 radical (unpaired) electrons. The molecule has 0 spiro atoms. The average Bonchev–Trinajstić information content (AvgIpc) is 3.36. The molecule has 4 aliphatic rings. The number of fused-ring (bicyclic) bond motifs is 3. The predicted molar refractivity (Wildman–Crippen MR) is 94.1 cm³/mol. The van der Waals surface area contributed by atoms with Crippen molar-refractivity contribution >= 4 is 12.0 Å². The van der Waals surface area contributed by atoms with Crippen molar-refractivity contribution in [2.24, 2.45) is 5.41 Å².